The van der Waals surface area contributed by atoms with Gasteiger partial charge in [0.2, 0.25) is 0 Å². The number of benzene rings is 1. The Kier molecular flexibility index (Phi) is 3.39. The summed E-state index contributed by atoms with van der Waals surface area (Å²) in [4.78, 5) is 0. The highest BCUT2D eigenvalue weighted by atomic mass is 79.9. The molecule has 1 unspecified atom stereocenters. The Hall–Kier alpha value is -0.480. The van der Waals surface area contributed by atoms with Crippen LogP contribution in [-0.4, -0.2) is 6.54 Å². The fourth-order valence-electron chi connectivity index (χ4n) is 1.05. The summed E-state index contributed by atoms with van der Waals surface area (Å²) in [6.07, 6.45) is 0. The number of rotatable bonds is 2. The minimum absolute atomic E-state index is 0.0180. The molecule has 0 saturated carbocycles. The minimum Gasteiger partial charge on any atom is -0.330 e. The fourth-order valence-corrected chi connectivity index (χ4v) is 1.76. The monoisotopic (exact) mass is 249 g/mol. The van der Waals surface area contributed by atoms with Crippen LogP contribution in [0.25, 0.3) is 0 Å². The van der Waals surface area contributed by atoms with E-state index in [-0.39, 0.29) is 10.4 Å². The second-order valence-electron chi connectivity index (χ2n) is 2.90. The molecule has 1 atom stereocenters. The van der Waals surface area contributed by atoms with Crippen molar-refractivity contribution in [2.45, 2.75) is 12.8 Å². The van der Waals surface area contributed by atoms with E-state index in [1.165, 1.54) is 0 Å². The molecule has 72 valence electrons. The summed E-state index contributed by atoms with van der Waals surface area (Å²) < 4.78 is 25.9. The van der Waals surface area contributed by atoms with Crippen molar-refractivity contribution in [2.75, 3.05) is 6.54 Å². The van der Waals surface area contributed by atoms with E-state index in [0.29, 0.717) is 12.1 Å². The molecule has 0 aliphatic heterocycles. The molecular weight excluding hydrogens is 240 g/mol. The maximum absolute atomic E-state index is 13.0. The average molecular weight is 250 g/mol. The van der Waals surface area contributed by atoms with Gasteiger partial charge in [-0.15, -0.1) is 0 Å². The number of hydrogen-bond acceptors (Lipinski definition) is 1. The molecule has 13 heavy (non-hydrogen) atoms. The van der Waals surface area contributed by atoms with E-state index in [2.05, 4.69) is 15.9 Å². The number of hydrogen-bond donors (Lipinski definition) is 1. The molecule has 0 saturated heterocycles. The summed E-state index contributed by atoms with van der Waals surface area (Å²) >= 11 is 3.00. The van der Waals surface area contributed by atoms with Crippen molar-refractivity contribution >= 4 is 15.9 Å². The highest BCUT2D eigenvalue weighted by Crippen LogP contribution is 2.28. The molecule has 1 nitrogen and oxygen atoms in total. The van der Waals surface area contributed by atoms with Crippen molar-refractivity contribution in [1.29, 1.82) is 0 Å². The third kappa shape index (κ3) is 2.06. The van der Waals surface area contributed by atoms with E-state index in [4.69, 9.17) is 5.73 Å². The van der Waals surface area contributed by atoms with Gasteiger partial charge in [0.15, 0.2) is 11.6 Å². The SMILES string of the molecule is CC(CN)c1ccc(F)c(F)c1Br. The maximum atomic E-state index is 13.0. The van der Waals surface area contributed by atoms with Crippen LogP contribution in [0.3, 0.4) is 0 Å². The summed E-state index contributed by atoms with van der Waals surface area (Å²) in [6.45, 7) is 2.26. The fraction of sp³-hybridized carbons (Fsp3) is 0.333. The standard InChI is InChI=1S/C9H10BrF2N/c1-5(4-13)6-2-3-7(11)9(12)8(6)10/h2-3,5H,4,13H2,1H3. The van der Waals surface area contributed by atoms with E-state index in [1.54, 1.807) is 6.07 Å². The molecule has 2 N–H and O–H groups in total. The van der Waals surface area contributed by atoms with Gasteiger partial charge in [0.25, 0.3) is 0 Å². The highest BCUT2D eigenvalue weighted by Gasteiger charge is 2.14. The molecule has 0 bridgehead atoms. The topological polar surface area (TPSA) is 26.0 Å². The normalized spacial score (nSPS) is 13.0. The Morgan fingerprint density at radius 1 is 1.46 bits per heavy atom. The van der Waals surface area contributed by atoms with Crippen LogP contribution in [0.15, 0.2) is 16.6 Å². The molecule has 0 amide bonds. The average Bonchev–Trinajstić information content (AvgIpc) is 2.13. The van der Waals surface area contributed by atoms with Crippen LogP contribution < -0.4 is 5.73 Å². The third-order valence-corrected chi connectivity index (χ3v) is 2.76. The molecule has 0 aliphatic carbocycles. The van der Waals surface area contributed by atoms with E-state index in [9.17, 15) is 8.78 Å². The van der Waals surface area contributed by atoms with Crippen LogP contribution in [0.1, 0.15) is 18.4 Å². The van der Waals surface area contributed by atoms with Crippen molar-refractivity contribution in [2.24, 2.45) is 5.73 Å². The smallest absolute Gasteiger partial charge is 0.173 e. The highest BCUT2D eigenvalue weighted by molar-refractivity contribution is 9.10. The molecule has 4 heteroatoms. The quantitative estimate of drug-likeness (QED) is 0.802. The Balaban J connectivity index is 3.18. The largest absolute Gasteiger partial charge is 0.330 e. The van der Waals surface area contributed by atoms with Crippen molar-refractivity contribution < 1.29 is 8.78 Å². The first kappa shape index (κ1) is 10.6. The summed E-state index contributed by atoms with van der Waals surface area (Å²) in [5.41, 5.74) is 6.12. The lowest BCUT2D eigenvalue weighted by Gasteiger charge is -2.11. The molecule has 0 heterocycles. The molecule has 0 fully saturated rings. The first-order valence-corrected chi connectivity index (χ1v) is 4.70. The van der Waals surface area contributed by atoms with Gasteiger partial charge in [-0.2, -0.15) is 0 Å². The Morgan fingerprint density at radius 2 is 2.08 bits per heavy atom. The molecule has 0 aromatic heterocycles. The third-order valence-electron chi connectivity index (χ3n) is 1.95. The van der Waals surface area contributed by atoms with Crippen LogP contribution in [0.4, 0.5) is 8.78 Å². The first-order chi connectivity index (χ1) is 6.07. The van der Waals surface area contributed by atoms with Crippen molar-refractivity contribution in [3.63, 3.8) is 0 Å². The maximum Gasteiger partial charge on any atom is 0.173 e. The van der Waals surface area contributed by atoms with Crippen molar-refractivity contribution in [3.8, 4) is 0 Å². The van der Waals surface area contributed by atoms with Gasteiger partial charge in [0.1, 0.15) is 0 Å². The van der Waals surface area contributed by atoms with Gasteiger partial charge in [-0.3, -0.25) is 0 Å². The van der Waals surface area contributed by atoms with Crippen molar-refractivity contribution in [3.05, 3.63) is 33.8 Å². The second kappa shape index (κ2) is 4.15. The van der Waals surface area contributed by atoms with Gasteiger partial charge in [0.05, 0.1) is 4.47 Å². The van der Waals surface area contributed by atoms with Gasteiger partial charge in [-0.1, -0.05) is 13.0 Å². The Labute approximate surface area is 84.1 Å². The van der Waals surface area contributed by atoms with Gasteiger partial charge in [-0.25, -0.2) is 8.78 Å². The van der Waals surface area contributed by atoms with Gasteiger partial charge >= 0.3 is 0 Å². The summed E-state index contributed by atoms with van der Waals surface area (Å²) in [6, 6.07) is 2.65. The lowest BCUT2D eigenvalue weighted by atomic mass is 10.0. The zero-order chi connectivity index (χ0) is 10.0. The van der Waals surface area contributed by atoms with E-state index in [0.717, 1.165) is 6.07 Å². The van der Waals surface area contributed by atoms with Crippen LogP contribution >= 0.6 is 15.9 Å². The lowest BCUT2D eigenvalue weighted by molar-refractivity contribution is 0.500. The zero-order valence-corrected chi connectivity index (χ0v) is 8.74. The minimum atomic E-state index is -0.849. The number of halogens is 3. The van der Waals surface area contributed by atoms with E-state index in [1.807, 2.05) is 6.92 Å². The Morgan fingerprint density at radius 3 is 2.62 bits per heavy atom. The predicted molar refractivity (Wildman–Crippen MR) is 51.5 cm³/mol. The molecule has 0 spiro atoms. The van der Waals surface area contributed by atoms with Crippen LogP contribution in [-0.2, 0) is 0 Å². The van der Waals surface area contributed by atoms with E-state index < -0.39 is 11.6 Å². The van der Waals surface area contributed by atoms with Crippen LogP contribution in [0.2, 0.25) is 0 Å². The summed E-state index contributed by atoms with van der Waals surface area (Å²) in [5.74, 6) is -1.68. The van der Waals surface area contributed by atoms with Crippen LogP contribution in [0, 0.1) is 11.6 Å². The van der Waals surface area contributed by atoms with Gasteiger partial charge in [-0.05, 0) is 40.0 Å². The molecule has 1 aromatic rings. The van der Waals surface area contributed by atoms with Crippen LogP contribution in [0.5, 0.6) is 0 Å². The predicted octanol–water partition coefficient (Wildman–Crippen LogP) is 2.79. The summed E-state index contributed by atoms with van der Waals surface area (Å²) in [5, 5.41) is 0. The Bertz CT molecular complexity index is 315. The zero-order valence-electron chi connectivity index (χ0n) is 7.15. The lowest BCUT2D eigenvalue weighted by Crippen LogP contribution is -2.10. The summed E-state index contributed by atoms with van der Waals surface area (Å²) in [7, 11) is 0. The molecule has 0 radical (unpaired) electrons. The van der Waals surface area contributed by atoms with Crippen molar-refractivity contribution in [1.82, 2.24) is 0 Å². The molecule has 1 aromatic carbocycles. The van der Waals surface area contributed by atoms with E-state index >= 15 is 0 Å². The molecular formula is C9H10BrF2N. The number of nitrogens with two attached hydrogens (primary N) is 1. The van der Waals surface area contributed by atoms with Gasteiger partial charge < -0.3 is 5.73 Å². The molecule has 0 aliphatic rings. The van der Waals surface area contributed by atoms with Gasteiger partial charge in [0, 0.05) is 0 Å². The first-order valence-electron chi connectivity index (χ1n) is 3.91. The second-order valence-corrected chi connectivity index (χ2v) is 3.69. The molecule has 1 rings (SSSR count).